The molecular weight excluding hydrogens is 248 g/mol. The molecule has 2 aromatic rings. The Morgan fingerprint density at radius 1 is 1.61 bits per heavy atom. The van der Waals surface area contributed by atoms with E-state index in [9.17, 15) is 4.79 Å². The van der Waals surface area contributed by atoms with E-state index < -0.39 is 5.54 Å². The summed E-state index contributed by atoms with van der Waals surface area (Å²) < 4.78 is 0. The van der Waals surface area contributed by atoms with Crippen LogP contribution in [0.1, 0.15) is 23.5 Å². The minimum atomic E-state index is -0.717. The maximum atomic E-state index is 12.1. The highest BCUT2D eigenvalue weighted by Crippen LogP contribution is 2.31. The molecule has 2 rings (SSSR count). The Hall–Kier alpha value is -2.13. The van der Waals surface area contributed by atoms with Crippen LogP contribution in [0.25, 0.3) is 10.2 Å². The van der Waals surface area contributed by atoms with Gasteiger partial charge in [0.15, 0.2) is 0 Å². The van der Waals surface area contributed by atoms with Crippen LogP contribution in [0.4, 0.5) is 5.69 Å². The Morgan fingerprint density at radius 2 is 2.33 bits per heavy atom. The van der Waals surface area contributed by atoms with Crippen molar-refractivity contribution in [1.29, 1.82) is 0 Å². The molecule has 5 nitrogen and oxygen atoms in total. The molecule has 0 atom stereocenters. The van der Waals surface area contributed by atoms with E-state index in [2.05, 4.69) is 21.4 Å². The summed E-state index contributed by atoms with van der Waals surface area (Å²) in [5.41, 5.74) is 5.63. The molecule has 3 N–H and O–H groups in total. The number of nitrogens with two attached hydrogens (primary N) is 1. The first-order valence-electron chi connectivity index (χ1n) is 5.24. The fourth-order valence-electron chi connectivity index (χ4n) is 1.42. The summed E-state index contributed by atoms with van der Waals surface area (Å²) in [7, 11) is 0. The first-order chi connectivity index (χ1) is 8.44. The lowest BCUT2D eigenvalue weighted by Crippen LogP contribution is -2.41. The third kappa shape index (κ3) is 2.13. The van der Waals surface area contributed by atoms with Crippen molar-refractivity contribution in [2.24, 2.45) is 0 Å². The van der Waals surface area contributed by atoms with Gasteiger partial charge in [-0.05, 0) is 19.9 Å². The monoisotopic (exact) mass is 260 g/mol. The number of fused-ring (bicyclic) bond motifs is 1. The van der Waals surface area contributed by atoms with E-state index in [0.717, 1.165) is 5.39 Å². The van der Waals surface area contributed by atoms with E-state index in [1.807, 2.05) is 0 Å². The standard InChI is InChI=1S/C12H12N4OS/c1-4-12(2,3)15-10(17)9-8(13)7-5-6-14-16-11(7)18-9/h1,5-6H,13H2,2-3H3,(H,15,17). The lowest BCUT2D eigenvalue weighted by atomic mass is 10.1. The Bertz CT molecular complexity index is 654. The van der Waals surface area contributed by atoms with Gasteiger partial charge in [-0.1, -0.05) is 5.92 Å². The number of hydrogen-bond acceptors (Lipinski definition) is 5. The van der Waals surface area contributed by atoms with Crippen LogP contribution in [-0.4, -0.2) is 21.6 Å². The molecule has 0 aliphatic carbocycles. The summed E-state index contributed by atoms with van der Waals surface area (Å²) in [5, 5.41) is 11.2. The molecule has 0 aromatic carbocycles. The number of carbonyl (C=O) groups excluding carboxylic acids is 1. The molecule has 0 bridgehead atoms. The third-order valence-corrected chi connectivity index (χ3v) is 3.52. The molecule has 1 amide bonds. The van der Waals surface area contributed by atoms with Gasteiger partial charge in [-0.2, -0.15) is 5.10 Å². The smallest absolute Gasteiger partial charge is 0.264 e. The van der Waals surface area contributed by atoms with Crippen LogP contribution in [0.15, 0.2) is 12.3 Å². The quantitative estimate of drug-likeness (QED) is 0.800. The average molecular weight is 260 g/mol. The second kappa shape index (κ2) is 4.27. The number of nitrogen functional groups attached to an aromatic ring is 1. The van der Waals surface area contributed by atoms with Gasteiger partial charge in [0.05, 0.1) is 17.4 Å². The maximum Gasteiger partial charge on any atom is 0.264 e. The predicted octanol–water partition coefficient (Wildman–Crippen LogP) is 1.42. The second-order valence-electron chi connectivity index (χ2n) is 4.32. The summed E-state index contributed by atoms with van der Waals surface area (Å²) in [6, 6.07) is 1.73. The number of nitrogens with zero attached hydrogens (tertiary/aromatic N) is 2. The Labute approximate surface area is 108 Å². The SMILES string of the molecule is C#CC(C)(C)NC(=O)c1sc2nnccc2c1N. The molecule has 0 saturated carbocycles. The molecular formula is C12H12N4OS. The highest BCUT2D eigenvalue weighted by atomic mass is 32.1. The number of amides is 1. The number of thiophene rings is 1. The highest BCUT2D eigenvalue weighted by molar-refractivity contribution is 7.21. The topological polar surface area (TPSA) is 80.9 Å². The van der Waals surface area contributed by atoms with E-state index in [1.165, 1.54) is 11.3 Å². The number of hydrogen-bond donors (Lipinski definition) is 2. The molecule has 0 saturated heterocycles. The molecule has 18 heavy (non-hydrogen) atoms. The van der Waals surface area contributed by atoms with Crippen LogP contribution in [0.5, 0.6) is 0 Å². The van der Waals surface area contributed by atoms with Gasteiger partial charge in [-0.15, -0.1) is 22.9 Å². The zero-order valence-corrected chi connectivity index (χ0v) is 10.8. The van der Waals surface area contributed by atoms with Crippen molar-refractivity contribution in [1.82, 2.24) is 15.5 Å². The van der Waals surface area contributed by atoms with E-state index >= 15 is 0 Å². The van der Waals surface area contributed by atoms with E-state index in [4.69, 9.17) is 12.2 Å². The van der Waals surface area contributed by atoms with Gasteiger partial charge in [0.1, 0.15) is 9.71 Å². The maximum absolute atomic E-state index is 12.1. The third-order valence-electron chi connectivity index (χ3n) is 2.41. The Balaban J connectivity index is 2.41. The summed E-state index contributed by atoms with van der Waals surface area (Å²) in [5.74, 6) is 2.21. The minimum absolute atomic E-state index is 0.293. The Kier molecular flexibility index (Phi) is 2.93. The molecule has 0 unspecified atom stereocenters. The number of carbonyl (C=O) groups is 1. The van der Waals surface area contributed by atoms with E-state index in [-0.39, 0.29) is 5.91 Å². The van der Waals surface area contributed by atoms with Crippen molar-refractivity contribution < 1.29 is 4.79 Å². The van der Waals surface area contributed by atoms with Crippen LogP contribution < -0.4 is 11.1 Å². The predicted molar refractivity (Wildman–Crippen MR) is 72.2 cm³/mol. The molecule has 0 radical (unpaired) electrons. The fourth-order valence-corrected chi connectivity index (χ4v) is 2.35. The average Bonchev–Trinajstić information content (AvgIpc) is 2.67. The van der Waals surface area contributed by atoms with E-state index in [1.54, 1.807) is 26.1 Å². The largest absolute Gasteiger partial charge is 0.397 e. The van der Waals surface area contributed by atoms with Crippen molar-refractivity contribution in [2.45, 2.75) is 19.4 Å². The van der Waals surface area contributed by atoms with Gasteiger partial charge in [-0.3, -0.25) is 4.79 Å². The van der Waals surface area contributed by atoms with Crippen LogP contribution in [0, 0.1) is 12.3 Å². The Morgan fingerprint density at radius 3 is 2.94 bits per heavy atom. The first-order valence-corrected chi connectivity index (χ1v) is 6.06. The lowest BCUT2D eigenvalue weighted by Gasteiger charge is -2.18. The molecule has 2 heterocycles. The summed E-state index contributed by atoms with van der Waals surface area (Å²) >= 11 is 1.20. The molecule has 6 heteroatoms. The molecule has 0 aliphatic heterocycles. The molecule has 0 fully saturated rings. The van der Waals surface area contributed by atoms with Crippen molar-refractivity contribution in [3.05, 3.63) is 17.1 Å². The number of aromatic nitrogens is 2. The highest BCUT2D eigenvalue weighted by Gasteiger charge is 2.22. The zero-order valence-electron chi connectivity index (χ0n) is 10.0. The number of terminal acetylenes is 1. The zero-order chi connectivity index (χ0) is 13.3. The normalized spacial score (nSPS) is 11.2. The van der Waals surface area contributed by atoms with Gasteiger partial charge in [0.2, 0.25) is 0 Å². The van der Waals surface area contributed by atoms with Crippen LogP contribution >= 0.6 is 11.3 Å². The van der Waals surface area contributed by atoms with Gasteiger partial charge < -0.3 is 11.1 Å². The van der Waals surface area contributed by atoms with Gasteiger partial charge in [-0.25, -0.2) is 0 Å². The summed E-state index contributed by atoms with van der Waals surface area (Å²) in [4.78, 5) is 13.1. The second-order valence-corrected chi connectivity index (χ2v) is 5.32. The van der Waals surface area contributed by atoms with Crippen molar-refractivity contribution in [3.8, 4) is 12.3 Å². The molecule has 0 spiro atoms. The van der Waals surface area contributed by atoms with Crippen molar-refractivity contribution >= 4 is 33.1 Å². The number of nitrogens with one attached hydrogen (secondary N) is 1. The fraction of sp³-hybridized carbons (Fsp3) is 0.250. The summed E-state index contributed by atoms with van der Waals surface area (Å²) in [6.45, 7) is 3.49. The van der Waals surface area contributed by atoms with Crippen LogP contribution in [0.3, 0.4) is 0 Å². The van der Waals surface area contributed by atoms with Crippen molar-refractivity contribution in [3.63, 3.8) is 0 Å². The summed E-state index contributed by atoms with van der Waals surface area (Å²) in [6.07, 6.45) is 6.87. The number of anilines is 1. The number of rotatable bonds is 2. The van der Waals surface area contributed by atoms with Gasteiger partial charge in [0.25, 0.3) is 5.91 Å². The van der Waals surface area contributed by atoms with Crippen LogP contribution in [0.2, 0.25) is 0 Å². The van der Waals surface area contributed by atoms with E-state index in [0.29, 0.717) is 15.4 Å². The molecule has 2 aromatic heterocycles. The molecule has 92 valence electrons. The van der Waals surface area contributed by atoms with Gasteiger partial charge in [0, 0.05) is 5.39 Å². The molecule has 0 aliphatic rings. The van der Waals surface area contributed by atoms with Crippen LogP contribution in [-0.2, 0) is 0 Å². The minimum Gasteiger partial charge on any atom is -0.397 e. The lowest BCUT2D eigenvalue weighted by molar-refractivity contribution is 0.0935. The van der Waals surface area contributed by atoms with Gasteiger partial charge >= 0.3 is 0 Å². The first kappa shape index (κ1) is 12.3. The van der Waals surface area contributed by atoms with Crippen molar-refractivity contribution in [2.75, 3.05) is 5.73 Å².